The van der Waals surface area contributed by atoms with Gasteiger partial charge in [-0.25, -0.2) is 0 Å². The summed E-state index contributed by atoms with van der Waals surface area (Å²) in [5, 5.41) is 1.38. The third-order valence-electron chi connectivity index (χ3n) is 2.56. The summed E-state index contributed by atoms with van der Waals surface area (Å²) in [6.45, 7) is 4.10. The number of halogens is 2. The molecule has 0 aromatic heterocycles. The maximum Gasteiger partial charge on any atom is 0.0501 e. The van der Waals surface area contributed by atoms with Crippen LogP contribution >= 0.6 is 23.2 Å². The Bertz CT molecular complexity index is 507. The zero-order chi connectivity index (χ0) is 11.7. The van der Waals surface area contributed by atoms with Crippen LogP contribution in [0.4, 0.5) is 0 Å². The predicted molar refractivity (Wildman–Crippen MR) is 71.4 cm³/mol. The van der Waals surface area contributed by atoms with E-state index in [2.05, 4.69) is 25.1 Å². The highest BCUT2D eigenvalue weighted by atomic mass is 35.5. The summed E-state index contributed by atoms with van der Waals surface area (Å²) in [5.41, 5.74) is 4.53. The number of benzene rings is 2. The average molecular weight is 251 g/mol. The molecule has 2 heteroatoms. The fourth-order valence-electron chi connectivity index (χ4n) is 1.87. The first-order valence-corrected chi connectivity index (χ1v) is 5.86. The number of rotatable bonds is 1. The van der Waals surface area contributed by atoms with E-state index < -0.39 is 0 Å². The maximum absolute atomic E-state index is 6.24. The Balaban J connectivity index is 2.64. The molecule has 0 bridgehead atoms. The molecular formula is C14H12Cl2. The molecule has 2 rings (SSSR count). The first kappa shape index (κ1) is 11.5. The third-order valence-corrected chi connectivity index (χ3v) is 3.08. The Morgan fingerprint density at radius 2 is 1.69 bits per heavy atom. The molecule has 0 atom stereocenters. The normalized spacial score (nSPS) is 10.5. The fraction of sp³-hybridized carbons (Fsp3) is 0.143. The van der Waals surface area contributed by atoms with E-state index in [9.17, 15) is 0 Å². The van der Waals surface area contributed by atoms with Crippen LogP contribution in [0.2, 0.25) is 10.0 Å². The van der Waals surface area contributed by atoms with Crippen molar-refractivity contribution in [3.05, 3.63) is 57.6 Å². The van der Waals surface area contributed by atoms with E-state index >= 15 is 0 Å². The highest BCUT2D eigenvalue weighted by molar-refractivity contribution is 6.36. The number of hydrogen-bond donors (Lipinski definition) is 0. The highest BCUT2D eigenvalue weighted by Gasteiger charge is 2.08. The van der Waals surface area contributed by atoms with Gasteiger partial charge in [0.05, 0.1) is 5.02 Å². The van der Waals surface area contributed by atoms with Crippen LogP contribution in [0, 0.1) is 13.8 Å². The van der Waals surface area contributed by atoms with E-state index in [4.69, 9.17) is 23.2 Å². The lowest BCUT2D eigenvalue weighted by molar-refractivity contribution is 1.42. The number of hydrogen-bond acceptors (Lipinski definition) is 0. The van der Waals surface area contributed by atoms with E-state index in [0.29, 0.717) is 10.0 Å². The molecule has 0 N–H and O–H groups in total. The summed E-state index contributed by atoms with van der Waals surface area (Å²) in [7, 11) is 0. The molecule has 0 aliphatic heterocycles. The number of aryl methyl sites for hydroxylation is 2. The van der Waals surface area contributed by atoms with Crippen LogP contribution in [0.3, 0.4) is 0 Å². The zero-order valence-corrected chi connectivity index (χ0v) is 10.7. The second-order valence-electron chi connectivity index (χ2n) is 3.95. The molecule has 0 aliphatic rings. The summed E-state index contributed by atoms with van der Waals surface area (Å²) in [6.07, 6.45) is 0. The summed E-state index contributed by atoms with van der Waals surface area (Å²) < 4.78 is 0. The minimum absolute atomic E-state index is 0.680. The minimum atomic E-state index is 0.680. The van der Waals surface area contributed by atoms with Crippen LogP contribution < -0.4 is 0 Å². The van der Waals surface area contributed by atoms with Crippen molar-refractivity contribution in [2.75, 3.05) is 0 Å². The second-order valence-corrected chi connectivity index (χ2v) is 4.79. The van der Waals surface area contributed by atoms with Gasteiger partial charge in [0.15, 0.2) is 0 Å². The van der Waals surface area contributed by atoms with Crippen molar-refractivity contribution in [3.8, 4) is 11.1 Å². The quantitative estimate of drug-likeness (QED) is 0.647. The molecule has 0 saturated heterocycles. The largest absolute Gasteiger partial charge is 0.0843 e. The van der Waals surface area contributed by atoms with Crippen molar-refractivity contribution in [1.29, 1.82) is 0 Å². The smallest absolute Gasteiger partial charge is 0.0501 e. The Hall–Kier alpha value is -0.980. The minimum Gasteiger partial charge on any atom is -0.0843 e. The first-order chi connectivity index (χ1) is 7.58. The molecule has 0 amide bonds. The lowest BCUT2D eigenvalue weighted by Crippen LogP contribution is -1.86. The zero-order valence-electron chi connectivity index (χ0n) is 9.22. The fourth-order valence-corrected chi connectivity index (χ4v) is 2.57. The summed E-state index contributed by atoms with van der Waals surface area (Å²) in [5.74, 6) is 0. The Labute approximate surface area is 106 Å². The van der Waals surface area contributed by atoms with Crippen molar-refractivity contribution in [3.63, 3.8) is 0 Å². The van der Waals surface area contributed by atoms with Gasteiger partial charge in [0.1, 0.15) is 0 Å². The Morgan fingerprint density at radius 3 is 2.31 bits per heavy atom. The molecule has 2 aromatic rings. The Kier molecular flexibility index (Phi) is 3.22. The van der Waals surface area contributed by atoms with Gasteiger partial charge in [-0.1, -0.05) is 53.0 Å². The van der Waals surface area contributed by atoms with Crippen LogP contribution in [-0.2, 0) is 0 Å². The van der Waals surface area contributed by atoms with E-state index in [1.165, 1.54) is 5.56 Å². The van der Waals surface area contributed by atoms with Gasteiger partial charge in [-0.2, -0.15) is 0 Å². The SMILES string of the molecule is Cc1cccc(-c2c(C)cc(Cl)cc2Cl)c1. The van der Waals surface area contributed by atoms with Crippen LogP contribution in [0.15, 0.2) is 36.4 Å². The molecule has 0 fully saturated rings. The lowest BCUT2D eigenvalue weighted by atomic mass is 9.99. The van der Waals surface area contributed by atoms with Gasteiger partial charge in [-0.15, -0.1) is 0 Å². The molecule has 82 valence electrons. The second kappa shape index (κ2) is 4.48. The molecule has 16 heavy (non-hydrogen) atoms. The molecule has 0 aliphatic carbocycles. The van der Waals surface area contributed by atoms with Gasteiger partial charge in [0.2, 0.25) is 0 Å². The van der Waals surface area contributed by atoms with Gasteiger partial charge in [0, 0.05) is 10.6 Å². The lowest BCUT2D eigenvalue weighted by Gasteiger charge is -2.10. The van der Waals surface area contributed by atoms with Gasteiger partial charge >= 0.3 is 0 Å². The topological polar surface area (TPSA) is 0 Å². The van der Waals surface area contributed by atoms with Crippen LogP contribution in [0.1, 0.15) is 11.1 Å². The maximum atomic E-state index is 6.24. The highest BCUT2D eigenvalue weighted by Crippen LogP contribution is 2.33. The summed E-state index contributed by atoms with van der Waals surface area (Å²) in [4.78, 5) is 0. The van der Waals surface area contributed by atoms with Gasteiger partial charge in [-0.3, -0.25) is 0 Å². The van der Waals surface area contributed by atoms with Crippen molar-refractivity contribution >= 4 is 23.2 Å². The van der Waals surface area contributed by atoms with E-state index in [-0.39, 0.29) is 0 Å². The average Bonchev–Trinajstić information content (AvgIpc) is 2.15. The van der Waals surface area contributed by atoms with Gasteiger partial charge in [0.25, 0.3) is 0 Å². The third kappa shape index (κ3) is 2.23. The van der Waals surface area contributed by atoms with Crippen molar-refractivity contribution in [1.82, 2.24) is 0 Å². The summed E-state index contributed by atoms with van der Waals surface area (Å²) >= 11 is 12.2. The molecule has 0 heterocycles. The van der Waals surface area contributed by atoms with Crippen molar-refractivity contribution < 1.29 is 0 Å². The van der Waals surface area contributed by atoms with Crippen LogP contribution in [-0.4, -0.2) is 0 Å². The molecule has 0 spiro atoms. The van der Waals surface area contributed by atoms with Crippen LogP contribution in [0.25, 0.3) is 11.1 Å². The molecule has 0 nitrogen and oxygen atoms in total. The standard InChI is InChI=1S/C14H12Cl2/c1-9-4-3-5-11(6-9)14-10(2)7-12(15)8-13(14)16/h3-8H,1-2H3. The van der Waals surface area contributed by atoms with Crippen molar-refractivity contribution in [2.24, 2.45) is 0 Å². The molecule has 0 saturated carbocycles. The van der Waals surface area contributed by atoms with Crippen LogP contribution in [0.5, 0.6) is 0 Å². The predicted octanol–water partition coefficient (Wildman–Crippen LogP) is 5.28. The molecule has 0 unspecified atom stereocenters. The molecular weight excluding hydrogens is 239 g/mol. The van der Waals surface area contributed by atoms with Crippen molar-refractivity contribution in [2.45, 2.75) is 13.8 Å². The summed E-state index contributed by atoms with van der Waals surface area (Å²) in [6, 6.07) is 12.0. The first-order valence-electron chi connectivity index (χ1n) is 5.10. The van der Waals surface area contributed by atoms with E-state index in [0.717, 1.165) is 16.7 Å². The van der Waals surface area contributed by atoms with Gasteiger partial charge < -0.3 is 0 Å². The Morgan fingerprint density at radius 1 is 0.938 bits per heavy atom. The van der Waals surface area contributed by atoms with Gasteiger partial charge in [-0.05, 0) is 37.1 Å². The monoisotopic (exact) mass is 250 g/mol. The molecule has 2 aromatic carbocycles. The van der Waals surface area contributed by atoms with E-state index in [1.807, 2.05) is 19.1 Å². The molecule has 0 radical (unpaired) electrons. The van der Waals surface area contributed by atoms with E-state index in [1.54, 1.807) is 6.07 Å².